The van der Waals surface area contributed by atoms with E-state index in [1.54, 1.807) is 11.3 Å². The van der Waals surface area contributed by atoms with Gasteiger partial charge in [0.1, 0.15) is 0 Å². The number of benzene rings is 1. The number of urea groups is 1. The molecule has 0 atom stereocenters. The molecular weight excluding hydrogens is 432 g/mol. The van der Waals surface area contributed by atoms with E-state index in [0.717, 1.165) is 40.0 Å². The summed E-state index contributed by atoms with van der Waals surface area (Å²) in [6.07, 6.45) is 4.09. The highest BCUT2D eigenvalue weighted by Crippen LogP contribution is 2.42. The van der Waals surface area contributed by atoms with Gasteiger partial charge < -0.3 is 10.3 Å². The molecule has 1 saturated carbocycles. The number of rotatable bonds is 7. The van der Waals surface area contributed by atoms with Crippen molar-refractivity contribution in [3.63, 3.8) is 0 Å². The van der Waals surface area contributed by atoms with Gasteiger partial charge in [0.25, 0.3) is 0 Å². The van der Waals surface area contributed by atoms with E-state index in [9.17, 15) is 9.59 Å². The number of H-pyrrole nitrogens is 1. The molecule has 4 aromatic rings. The van der Waals surface area contributed by atoms with Crippen LogP contribution in [0.3, 0.4) is 0 Å². The number of hydrogen-bond acceptors (Lipinski definition) is 6. The SMILES string of the molecule is O=C(CSc1nnc(-c2c[nH]c3ccccc23)n1C1CC1)NC(=O)NCc1cccs1. The summed E-state index contributed by atoms with van der Waals surface area (Å²) in [5, 5.41) is 17.6. The minimum absolute atomic E-state index is 0.0885. The second-order valence-corrected chi connectivity index (χ2v) is 9.23. The van der Waals surface area contributed by atoms with Crippen molar-refractivity contribution in [1.29, 1.82) is 0 Å². The Labute approximate surface area is 186 Å². The molecule has 10 heteroatoms. The van der Waals surface area contributed by atoms with Crippen molar-refractivity contribution < 1.29 is 9.59 Å². The van der Waals surface area contributed by atoms with Crippen LogP contribution in [0.2, 0.25) is 0 Å². The maximum absolute atomic E-state index is 12.2. The number of aromatic amines is 1. The van der Waals surface area contributed by atoms with Crippen LogP contribution in [-0.2, 0) is 11.3 Å². The fourth-order valence-electron chi connectivity index (χ4n) is 3.40. The molecule has 0 unspecified atom stereocenters. The average Bonchev–Trinajstić information content (AvgIpc) is 3.18. The lowest BCUT2D eigenvalue weighted by Gasteiger charge is -2.09. The average molecular weight is 453 g/mol. The van der Waals surface area contributed by atoms with Crippen LogP contribution in [0.25, 0.3) is 22.3 Å². The predicted octanol–water partition coefficient (Wildman–Crippen LogP) is 3.94. The minimum Gasteiger partial charge on any atom is -0.360 e. The van der Waals surface area contributed by atoms with E-state index in [0.29, 0.717) is 17.7 Å². The van der Waals surface area contributed by atoms with Crippen molar-refractivity contribution in [2.24, 2.45) is 0 Å². The zero-order valence-corrected chi connectivity index (χ0v) is 18.1. The van der Waals surface area contributed by atoms with Crippen LogP contribution in [-0.4, -0.2) is 37.4 Å². The number of thioether (sulfide) groups is 1. The van der Waals surface area contributed by atoms with E-state index in [4.69, 9.17) is 0 Å². The van der Waals surface area contributed by atoms with Crippen LogP contribution >= 0.6 is 23.1 Å². The summed E-state index contributed by atoms with van der Waals surface area (Å²) in [6, 6.07) is 11.8. The minimum atomic E-state index is -0.498. The largest absolute Gasteiger partial charge is 0.360 e. The van der Waals surface area contributed by atoms with Crippen molar-refractivity contribution >= 4 is 45.9 Å². The fraction of sp³-hybridized carbons (Fsp3) is 0.238. The lowest BCUT2D eigenvalue weighted by molar-refractivity contribution is -0.117. The first-order valence-corrected chi connectivity index (χ1v) is 11.8. The Morgan fingerprint density at radius 3 is 2.87 bits per heavy atom. The molecule has 0 aliphatic heterocycles. The van der Waals surface area contributed by atoms with Crippen LogP contribution in [0, 0.1) is 0 Å². The van der Waals surface area contributed by atoms with Crippen molar-refractivity contribution in [3.05, 3.63) is 52.9 Å². The van der Waals surface area contributed by atoms with Gasteiger partial charge in [0.05, 0.1) is 12.3 Å². The molecule has 3 N–H and O–H groups in total. The van der Waals surface area contributed by atoms with E-state index in [1.165, 1.54) is 11.8 Å². The van der Waals surface area contributed by atoms with Crippen molar-refractivity contribution in [1.82, 2.24) is 30.4 Å². The Bertz CT molecular complexity index is 1230. The molecule has 3 aromatic heterocycles. The number of imide groups is 1. The molecule has 158 valence electrons. The second kappa shape index (κ2) is 8.56. The molecule has 1 aromatic carbocycles. The van der Waals surface area contributed by atoms with E-state index in [-0.39, 0.29) is 11.7 Å². The number of hydrogen-bond donors (Lipinski definition) is 3. The summed E-state index contributed by atoms with van der Waals surface area (Å²) >= 11 is 2.85. The number of nitrogens with zero attached hydrogens (tertiary/aromatic N) is 3. The Balaban J connectivity index is 1.25. The number of nitrogens with one attached hydrogen (secondary N) is 3. The van der Waals surface area contributed by atoms with E-state index in [2.05, 4.69) is 36.4 Å². The summed E-state index contributed by atoms with van der Waals surface area (Å²) in [7, 11) is 0. The molecule has 31 heavy (non-hydrogen) atoms. The van der Waals surface area contributed by atoms with Gasteiger partial charge in [-0.1, -0.05) is 36.0 Å². The monoisotopic (exact) mass is 452 g/mol. The molecular formula is C21H20N6O2S2. The van der Waals surface area contributed by atoms with E-state index >= 15 is 0 Å². The lowest BCUT2D eigenvalue weighted by atomic mass is 10.1. The fourth-order valence-corrected chi connectivity index (χ4v) is 4.85. The number of amides is 3. The van der Waals surface area contributed by atoms with Gasteiger partial charge in [0.15, 0.2) is 11.0 Å². The quantitative estimate of drug-likeness (QED) is 0.369. The highest BCUT2D eigenvalue weighted by molar-refractivity contribution is 7.99. The Kier molecular flexibility index (Phi) is 5.47. The van der Waals surface area contributed by atoms with Gasteiger partial charge in [0, 0.05) is 33.6 Å². The highest BCUT2D eigenvalue weighted by Gasteiger charge is 2.31. The standard InChI is InChI=1S/C21H20N6O2S2/c28-18(24-20(29)23-10-14-4-3-9-30-14)12-31-21-26-25-19(27(21)13-7-8-13)16-11-22-17-6-2-1-5-15(16)17/h1-6,9,11,13,22H,7-8,10,12H2,(H2,23,24,28,29). The normalized spacial score (nSPS) is 13.4. The van der Waals surface area contributed by atoms with Crippen molar-refractivity contribution in [3.8, 4) is 11.4 Å². The van der Waals surface area contributed by atoms with Gasteiger partial charge in [0.2, 0.25) is 5.91 Å². The Morgan fingerprint density at radius 2 is 2.06 bits per heavy atom. The summed E-state index contributed by atoms with van der Waals surface area (Å²) in [5.41, 5.74) is 2.05. The number of thiophene rings is 1. The van der Waals surface area contributed by atoms with Crippen LogP contribution < -0.4 is 10.6 Å². The van der Waals surface area contributed by atoms with Crippen LogP contribution in [0.1, 0.15) is 23.8 Å². The maximum Gasteiger partial charge on any atom is 0.321 e. The molecule has 1 fully saturated rings. The molecule has 0 radical (unpaired) electrons. The third-order valence-corrected chi connectivity index (χ3v) is 6.81. The summed E-state index contributed by atoms with van der Waals surface area (Å²) in [5.74, 6) is 0.523. The Hall–Kier alpha value is -3.11. The number of carbonyl (C=O) groups is 2. The van der Waals surface area contributed by atoms with Gasteiger partial charge in [-0.15, -0.1) is 21.5 Å². The molecule has 5 rings (SSSR count). The van der Waals surface area contributed by atoms with Gasteiger partial charge in [-0.05, 0) is 30.4 Å². The zero-order valence-electron chi connectivity index (χ0n) is 16.5. The molecule has 8 nitrogen and oxygen atoms in total. The summed E-state index contributed by atoms with van der Waals surface area (Å²) in [6.45, 7) is 0.397. The first-order chi connectivity index (χ1) is 15.2. The van der Waals surface area contributed by atoms with Crippen LogP contribution in [0.4, 0.5) is 4.79 Å². The van der Waals surface area contributed by atoms with Gasteiger partial charge in [-0.2, -0.15) is 0 Å². The van der Waals surface area contributed by atoms with Gasteiger partial charge >= 0.3 is 6.03 Å². The third kappa shape index (κ3) is 4.35. The molecule has 3 amide bonds. The smallest absolute Gasteiger partial charge is 0.321 e. The maximum atomic E-state index is 12.2. The van der Waals surface area contributed by atoms with E-state index < -0.39 is 6.03 Å². The van der Waals surface area contributed by atoms with Crippen molar-refractivity contribution in [2.75, 3.05) is 5.75 Å². The first-order valence-electron chi connectivity index (χ1n) is 9.93. The molecule has 1 aliphatic carbocycles. The summed E-state index contributed by atoms with van der Waals surface area (Å²) in [4.78, 5) is 28.5. The van der Waals surface area contributed by atoms with Gasteiger partial charge in [-0.25, -0.2) is 4.79 Å². The van der Waals surface area contributed by atoms with Crippen LogP contribution in [0.15, 0.2) is 53.1 Å². The van der Waals surface area contributed by atoms with E-state index in [1.807, 2.05) is 41.9 Å². The topological polar surface area (TPSA) is 105 Å². The second-order valence-electron chi connectivity index (χ2n) is 7.25. The number of para-hydroxylation sites is 1. The number of aromatic nitrogens is 4. The first kappa shape index (κ1) is 19.8. The summed E-state index contributed by atoms with van der Waals surface area (Å²) < 4.78 is 2.12. The van der Waals surface area contributed by atoms with Gasteiger partial charge in [-0.3, -0.25) is 14.7 Å². The predicted molar refractivity (Wildman–Crippen MR) is 121 cm³/mol. The number of fused-ring (bicyclic) bond motifs is 1. The lowest BCUT2D eigenvalue weighted by Crippen LogP contribution is -2.39. The third-order valence-electron chi connectivity index (χ3n) is 5.00. The highest BCUT2D eigenvalue weighted by atomic mass is 32.2. The molecule has 3 heterocycles. The molecule has 0 spiro atoms. The molecule has 1 aliphatic rings. The van der Waals surface area contributed by atoms with Crippen molar-refractivity contribution in [2.45, 2.75) is 30.6 Å². The number of carbonyl (C=O) groups excluding carboxylic acids is 2. The van der Waals surface area contributed by atoms with Crippen LogP contribution in [0.5, 0.6) is 0 Å². The molecule has 0 bridgehead atoms. The Morgan fingerprint density at radius 1 is 1.19 bits per heavy atom. The molecule has 0 saturated heterocycles. The zero-order chi connectivity index (χ0) is 21.2.